The van der Waals surface area contributed by atoms with E-state index in [0.717, 1.165) is 25.1 Å². The average Bonchev–Trinajstić information content (AvgIpc) is 1.95. The first-order valence-corrected chi connectivity index (χ1v) is 5.50. The number of hydrogen-bond acceptors (Lipinski definition) is 3. The summed E-state index contributed by atoms with van der Waals surface area (Å²) in [4.78, 5) is 12.7. The third kappa shape index (κ3) is 9.98. The van der Waals surface area contributed by atoms with Gasteiger partial charge in [0.2, 0.25) is 0 Å². The van der Waals surface area contributed by atoms with Crippen LogP contribution < -0.4 is 0 Å². The Kier molecular flexibility index (Phi) is 7.61. The van der Waals surface area contributed by atoms with Gasteiger partial charge in [0.1, 0.15) is 5.78 Å². The highest BCUT2D eigenvalue weighted by Crippen LogP contribution is 2.04. The topological polar surface area (TPSA) is 20.3 Å². The Hall–Kier alpha value is -0.0200. The molecule has 3 heteroatoms. The molecule has 0 rings (SSSR count). The molecule has 0 N–H and O–H groups in total. The average molecular weight is 189 g/mol. The van der Waals surface area contributed by atoms with Gasteiger partial charge in [0.15, 0.2) is 0 Å². The minimum atomic E-state index is 0.309. The maximum atomic E-state index is 10.6. The fraction of sp³-hybridized carbons (Fsp3) is 0.889. The number of nitrogens with zero attached hydrogens (tertiary/aromatic N) is 1. The van der Waals surface area contributed by atoms with E-state index >= 15 is 0 Å². The third-order valence-electron chi connectivity index (χ3n) is 1.50. The summed E-state index contributed by atoms with van der Waals surface area (Å²) >= 11 is 1.93. The second-order valence-corrected chi connectivity index (χ2v) is 4.45. The molecule has 0 aliphatic rings. The van der Waals surface area contributed by atoms with E-state index in [0.29, 0.717) is 5.78 Å². The summed E-state index contributed by atoms with van der Waals surface area (Å²) in [5, 5.41) is 0. The maximum absolute atomic E-state index is 10.6. The number of thioether (sulfide) groups is 1. The number of carbonyl (C=O) groups excluding carboxylic acids is 1. The van der Waals surface area contributed by atoms with E-state index in [1.807, 2.05) is 11.8 Å². The second kappa shape index (κ2) is 7.62. The van der Waals surface area contributed by atoms with Crippen molar-refractivity contribution in [2.45, 2.75) is 19.8 Å². The fourth-order valence-corrected chi connectivity index (χ4v) is 1.82. The Labute approximate surface area is 79.7 Å². The van der Waals surface area contributed by atoms with Crippen molar-refractivity contribution in [3.05, 3.63) is 0 Å². The molecule has 0 unspecified atom stereocenters. The molecular formula is C9H19NOS. The lowest BCUT2D eigenvalue weighted by atomic mass is 10.3. The van der Waals surface area contributed by atoms with Gasteiger partial charge in [0.05, 0.1) is 0 Å². The molecule has 0 amide bonds. The maximum Gasteiger partial charge on any atom is 0.129 e. The summed E-state index contributed by atoms with van der Waals surface area (Å²) < 4.78 is 0. The van der Waals surface area contributed by atoms with E-state index in [-0.39, 0.29) is 0 Å². The van der Waals surface area contributed by atoms with Crippen molar-refractivity contribution < 1.29 is 4.79 Å². The van der Waals surface area contributed by atoms with Gasteiger partial charge in [0.25, 0.3) is 0 Å². The van der Waals surface area contributed by atoms with E-state index in [4.69, 9.17) is 0 Å². The van der Waals surface area contributed by atoms with Crippen molar-refractivity contribution in [2.24, 2.45) is 0 Å². The van der Waals surface area contributed by atoms with E-state index in [1.54, 1.807) is 6.92 Å². The molecule has 0 aliphatic carbocycles. The van der Waals surface area contributed by atoms with Crippen molar-refractivity contribution in [3.63, 3.8) is 0 Å². The molecule has 0 aliphatic heterocycles. The largest absolute Gasteiger partial charge is 0.309 e. The van der Waals surface area contributed by atoms with Crippen LogP contribution in [0.15, 0.2) is 0 Å². The van der Waals surface area contributed by atoms with E-state index < -0.39 is 0 Å². The van der Waals surface area contributed by atoms with Crippen LogP contribution in [0, 0.1) is 0 Å². The lowest BCUT2D eigenvalue weighted by molar-refractivity contribution is -0.117. The first kappa shape index (κ1) is 12.0. The Balaban J connectivity index is 2.96. The zero-order valence-electron chi connectivity index (χ0n) is 8.30. The molecule has 2 nitrogen and oxygen atoms in total. The zero-order valence-corrected chi connectivity index (χ0v) is 9.12. The van der Waals surface area contributed by atoms with Crippen LogP contribution in [0.3, 0.4) is 0 Å². The molecule has 0 spiro atoms. The van der Waals surface area contributed by atoms with Crippen LogP contribution in [-0.4, -0.2) is 42.8 Å². The minimum Gasteiger partial charge on any atom is -0.309 e. The van der Waals surface area contributed by atoms with Gasteiger partial charge >= 0.3 is 0 Å². The molecule has 0 radical (unpaired) electrons. The molecule has 0 aromatic heterocycles. The minimum absolute atomic E-state index is 0.309. The van der Waals surface area contributed by atoms with Crippen LogP contribution in [0.5, 0.6) is 0 Å². The summed E-state index contributed by atoms with van der Waals surface area (Å²) in [6.07, 6.45) is 1.78. The Morgan fingerprint density at radius 2 is 2.00 bits per heavy atom. The van der Waals surface area contributed by atoms with Gasteiger partial charge in [-0.15, -0.1) is 0 Å². The monoisotopic (exact) mass is 189 g/mol. The lowest BCUT2D eigenvalue weighted by Crippen LogP contribution is -2.15. The van der Waals surface area contributed by atoms with Crippen LogP contribution in [0.4, 0.5) is 0 Å². The van der Waals surface area contributed by atoms with Crippen molar-refractivity contribution in [1.29, 1.82) is 0 Å². The van der Waals surface area contributed by atoms with Crippen LogP contribution in [0.2, 0.25) is 0 Å². The Morgan fingerprint density at radius 3 is 2.50 bits per heavy atom. The van der Waals surface area contributed by atoms with E-state index in [2.05, 4.69) is 19.0 Å². The molecule has 0 bridgehead atoms. The first-order valence-electron chi connectivity index (χ1n) is 4.35. The predicted molar refractivity (Wildman–Crippen MR) is 55.8 cm³/mol. The summed E-state index contributed by atoms with van der Waals surface area (Å²) in [7, 11) is 4.16. The van der Waals surface area contributed by atoms with Crippen LogP contribution in [0.1, 0.15) is 19.8 Å². The van der Waals surface area contributed by atoms with Crippen LogP contribution in [0.25, 0.3) is 0 Å². The Morgan fingerprint density at radius 1 is 1.33 bits per heavy atom. The molecule has 0 atom stereocenters. The summed E-state index contributed by atoms with van der Waals surface area (Å²) in [6.45, 7) is 2.79. The highest BCUT2D eigenvalue weighted by Gasteiger charge is 1.94. The lowest BCUT2D eigenvalue weighted by Gasteiger charge is -2.07. The molecule has 0 aromatic carbocycles. The van der Waals surface area contributed by atoms with Gasteiger partial charge < -0.3 is 9.69 Å². The summed E-state index contributed by atoms with van der Waals surface area (Å²) in [5.41, 5.74) is 0. The number of hydrogen-bond donors (Lipinski definition) is 0. The molecule has 0 fully saturated rings. The summed E-state index contributed by atoms with van der Waals surface area (Å²) in [6, 6.07) is 0. The molecular weight excluding hydrogens is 170 g/mol. The van der Waals surface area contributed by atoms with Crippen molar-refractivity contribution in [3.8, 4) is 0 Å². The smallest absolute Gasteiger partial charge is 0.129 e. The second-order valence-electron chi connectivity index (χ2n) is 3.22. The molecule has 12 heavy (non-hydrogen) atoms. The van der Waals surface area contributed by atoms with Crippen LogP contribution >= 0.6 is 11.8 Å². The third-order valence-corrected chi connectivity index (χ3v) is 2.55. The van der Waals surface area contributed by atoms with Crippen LogP contribution in [-0.2, 0) is 4.79 Å². The molecule has 72 valence electrons. The van der Waals surface area contributed by atoms with Gasteiger partial charge in [0, 0.05) is 18.7 Å². The molecule has 0 aromatic rings. The van der Waals surface area contributed by atoms with Gasteiger partial charge in [-0.25, -0.2) is 0 Å². The highest BCUT2D eigenvalue weighted by atomic mass is 32.2. The quantitative estimate of drug-likeness (QED) is 0.568. The number of Topliss-reactive ketones (excluding diaryl/α,β-unsaturated/α-hetero) is 1. The number of carbonyl (C=O) groups is 1. The van der Waals surface area contributed by atoms with E-state index in [1.165, 1.54) is 5.75 Å². The van der Waals surface area contributed by atoms with Gasteiger partial charge in [-0.05, 0) is 33.2 Å². The summed E-state index contributed by atoms with van der Waals surface area (Å²) in [5.74, 6) is 2.60. The number of rotatable bonds is 7. The zero-order chi connectivity index (χ0) is 9.40. The normalized spacial score (nSPS) is 10.7. The SMILES string of the molecule is CC(=O)CCCSCCN(C)C. The van der Waals surface area contributed by atoms with Gasteiger partial charge in [-0.1, -0.05) is 0 Å². The predicted octanol–water partition coefficient (Wildman–Crippen LogP) is 1.65. The van der Waals surface area contributed by atoms with Gasteiger partial charge in [-0.3, -0.25) is 0 Å². The van der Waals surface area contributed by atoms with Crippen molar-refractivity contribution >= 4 is 17.5 Å². The molecule has 0 saturated carbocycles. The highest BCUT2D eigenvalue weighted by molar-refractivity contribution is 7.99. The van der Waals surface area contributed by atoms with Crippen molar-refractivity contribution in [1.82, 2.24) is 4.90 Å². The van der Waals surface area contributed by atoms with Gasteiger partial charge in [-0.2, -0.15) is 11.8 Å². The molecule has 0 saturated heterocycles. The van der Waals surface area contributed by atoms with E-state index in [9.17, 15) is 4.79 Å². The fourth-order valence-electron chi connectivity index (χ4n) is 0.772. The Bertz CT molecular complexity index is 126. The van der Waals surface area contributed by atoms with Crippen molar-refractivity contribution in [2.75, 3.05) is 32.1 Å². The number of ketones is 1. The first-order chi connectivity index (χ1) is 5.63. The molecule has 0 heterocycles. The standard InChI is InChI=1S/C9H19NOS/c1-9(11)5-4-7-12-8-6-10(2)3/h4-8H2,1-3H3.